The van der Waals surface area contributed by atoms with E-state index < -0.39 is 0 Å². The molecule has 0 amide bonds. The third kappa shape index (κ3) is 3.19. The van der Waals surface area contributed by atoms with Gasteiger partial charge in [0.05, 0.1) is 0 Å². The average Bonchev–Trinajstić information content (AvgIpc) is 2.83. The molecule has 2 rings (SSSR count). The molecule has 0 radical (unpaired) electrons. The summed E-state index contributed by atoms with van der Waals surface area (Å²) in [7, 11) is 0. The highest BCUT2D eigenvalue weighted by Crippen LogP contribution is 2.22. The maximum absolute atomic E-state index is 5.75. The topological polar surface area (TPSA) is 42.1 Å². The van der Waals surface area contributed by atoms with Gasteiger partial charge in [-0.05, 0) is 42.9 Å². The van der Waals surface area contributed by atoms with Crippen molar-refractivity contribution in [3.05, 3.63) is 23.9 Å². The molecule has 0 bridgehead atoms. The Morgan fingerprint density at radius 2 is 2.00 bits per heavy atom. The van der Waals surface area contributed by atoms with Crippen molar-refractivity contribution in [3.8, 4) is 0 Å². The summed E-state index contributed by atoms with van der Waals surface area (Å²) < 4.78 is 0. The predicted molar refractivity (Wildman–Crippen MR) is 72.2 cm³/mol. The van der Waals surface area contributed by atoms with Crippen molar-refractivity contribution in [2.45, 2.75) is 33.1 Å². The van der Waals surface area contributed by atoms with E-state index in [4.69, 9.17) is 5.73 Å². The molecule has 1 aromatic rings. The third-order valence-corrected chi connectivity index (χ3v) is 3.47. The monoisotopic (exact) mass is 233 g/mol. The number of rotatable bonds is 4. The molecule has 1 fully saturated rings. The first-order valence-corrected chi connectivity index (χ1v) is 6.51. The fraction of sp³-hybridized carbons (Fsp3) is 0.643. The number of nitrogens with zero attached hydrogens (tertiary/aromatic N) is 2. The fourth-order valence-electron chi connectivity index (χ4n) is 2.28. The molecule has 3 nitrogen and oxygen atoms in total. The van der Waals surface area contributed by atoms with Gasteiger partial charge in [0.2, 0.25) is 0 Å². The lowest BCUT2D eigenvalue weighted by molar-refractivity contribution is 0.376. The van der Waals surface area contributed by atoms with Crippen LogP contribution in [0.3, 0.4) is 0 Å². The Bertz CT molecular complexity index is 350. The number of pyridine rings is 1. The zero-order valence-electron chi connectivity index (χ0n) is 10.9. The van der Waals surface area contributed by atoms with Crippen LogP contribution in [0.15, 0.2) is 18.3 Å². The number of nitrogens with two attached hydrogens (primary N) is 1. The van der Waals surface area contributed by atoms with Crippen LogP contribution < -0.4 is 10.6 Å². The van der Waals surface area contributed by atoms with Crippen molar-refractivity contribution in [2.24, 2.45) is 11.1 Å². The van der Waals surface area contributed by atoms with Crippen LogP contribution in [0.5, 0.6) is 0 Å². The van der Waals surface area contributed by atoms with Crippen LogP contribution in [0.4, 0.5) is 5.82 Å². The Kier molecular flexibility index (Phi) is 3.67. The molecule has 0 aromatic carbocycles. The molecule has 1 saturated heterocycles. The third-order valence-electron chi connectivity index (χ3n) is 3.47. The van der Waals surface area contributed by atoms with E-state index >= 15 is 0 Å². The molecule has 1 aliphatic rings. The maximum Gasteiger partial charge on any atom is 0.128 e. The van der Waals surface area contributed by atoms with E-state index in [-0.39, 0.29) is 5.41 Å². The molecule has 0 atom stereocenters. The van der Waals surface area contributed by atoms with Gasteiger partial charge in [-0.15, -0.1) is 0 Å². The van der Waals surface area contributed by atoms with Crippen molar-refractivity contribution in [2.75, 3.05) is 24.5 Å². The Balaban J connectivity index is 2.02. The van der Waals surface area contributed by atoms with E-state index in [1.54, 1.807) is 0 Å². The zero-order valence-corrected chi connectivity index (χ0v) is 10.9. The molecule has 2 N–H and O–H groups in total. The van der Waals surface area contributed by atoms with Crippen molar-refractivity contribution in [3.63, 3.8) is 0 Å². The molecule has 17 heavy (non-hydrogen) atoms. The van der Waals surface area contributed by atoms with Gasteiger partial charge in [-0.25, -0.2) is 4.98 Å². The molecular weight excluding hydrogens is 210 g/mol. The summed E-state index contributed by atoms with van der Waals surface area (Å²) in [5.41, 5.74) is 7.20. The van der Waals surface area contributed by atoms with Gasteiger partial charge in [0, 0.05) is 19.3 Å². The Morgan fingerprint density at radius 3 is 2.53 bits per heavy atom. The summed E-state index contributed by atoms with van der Waals surface area (Å²) >= 11 is 0. The standard InChI is InChI=1S/C14H23N3/c1-14(2,11-15)9-12-5-6-13(16-10-12)17-7-3-4-8-17/h5-6,10H,3-4,7-9,11,15H2,1-2H3. The second-order valence-corrected chi connectivity index (χ2v) is 5.76. The van der Waals surface area contributed by atoms with Gasteiger partial charge >= 0.3 is 0 Å². The predicted octanol–water partition coefficient (Wildman–Crippen LogP) is 2.21. The van der Waals surface area contributed by atoms with E-state index in [0.29, 0.717) is 6.54 Å². The molecular formula is C14H23N3. The van der Waals surface area contributed by atoms with E-state index in [1.165, 1.54) is 18.4 Å². The molecule has 0 spiro atoms. The Labute approximate surface area is 104 Å². The molecule has 3 heteroatoms. The number of anilines is 1. The Hall–Kier alpha value is -1.09. The van der Waals surface area contributed by atoms with Gasteiger partial charge in [-0.1, -0.05) is 19.9 Å². The lowest BCUT2D eigenvalue weighted by atomic mass is 9.86. The second-order valence-electron chi connectivity index (χ2n) is 5.76. The van der Waals surface area contributed by atoms with Crippen molar-refractivity contribution >= 4 is 5.82 Å². The number of hydrogen-bond acceptors (Lipinski definition) is 3. The molecule has 0 saturated carbocycles. The minimum atomic E-state index is 0.164. The van der Waals surface area contributed by atoms with Crippen LogP contribution in [0.1, 0.15) is 32.3 Å². The van der Waals surface area contributed by atoms with Crippen LogP contribution in [-0.4, -0.2) is 24.6 Å². The average molecular weight is 233 g/mol. The van der Waals surface area contributed by atoms with Gasteiger partial charge in [0.15, 0.2) is 0 Å². The van der Waals surface area contributed by atoms with Crippen molar-refractivity contribution in [1.82, 2.24) is 4.98 Å². The SMILES string of the molecule is CC(C)(CN)Cc1ccc(N2CCCC2)nc1. The highest BCUT2D eigenvalue weighted by atomic mass is 15.2. The first-order valence-electron chi connectivity index (χ1n) is 6.51. The fourth-order valence-corrected chi connectivity index (χ4v) is 2.28. The van der Waals surface area contributed by atoms with Crippen molar-refractivity contribution < 1.29 is 0 Å². The lowest BCUT2D eigenvalue weighted by Crippen LogP contribution is -2.26. The number of aromatic nitrogens is 1. The highest BCUT2D eigenvalue weighted by Gasteiger charge is 2.17. The summed E-state index contributed by atoms with van der Waals surface area (Å²) in [5, 5.41) is 0. The van der Waals surface area contributed by atoms with Crippen LogP contribution in [0.25, 0.3) is 0 Å². The lowest BCUT2D eigenvalue weighted by Gasteiger charge is -2.22. The van der Waals surface area contributed by atoms with E-state index in [9.17, 15) is 0 Å². The van der Waals surface area contributed by atoms with Crippen LogP contribution in [0, 0.1) is 5.41 Å². The van der Waals surface area contributed by atoms with Gasteiger partial charge in [0.25, 0.3) is 0 Å². The summed E-state index contributed by atoms with van der Waals surface area (Å²) in [6, 6.07) is 4.34. The quantitative estimate of drug-likeness (QED) is 0.867. The smallest absolute Gasteiger partial charge is 0.128 e. The van der Waals surface area contributed by atoms with Gasteiger partial charge in [0.1, 0.15) is 5.82 Å². The second kappa shape index (κ2) is 5.05. The molecule has 0 unspecified atom stereocenters. The first-order chi connectivity index (χ1) is 8.11. The van der Waals surface area contributed by atoms with Crippen LogP contribution in [-0.2, 0) is 6.42 Å². The molecule has 2 heterocycles. The minimum Gasteiger partial charge on any atom is -0.357 e. The highest BCUT2D eigenvalue weighted by molar-refractivity contribution is 5.40. The van der Waals surface area contributed by atoms with Crippen molar-refractivity contribution in [1.29, 1.82) is 0 Å². The largest absolute Gasteiger partial charge is 0.357 e. The molecule has 0 aliphatic carbocycles. The zero-order chi connectivity index (χ0) is 12.3. The van der Waals surface area contributed by atoms with E-state index in [0.717, 1.165) is 25.3 Å². The molecule has 94 valence electrons. The first kappa shape index (κ1) is 12.4. The molecule has 1 aromatic heterocycles. The Morgan fingerprint density at radius 1 is 1.29 bits per heavy atom. The summed E-state index contributed by atoms with van der Waals surface area (Å²) in [4.78, 5) is 6.92. The van der Waals surface area contributed by atoms with Gasteiger partial charge in [-0.2, -0.15) is 0 Å². The minimum absolute atomic E-state index is 0.164. The van der Waals surface area contributed by atoms with Gasteiger partial charge in [-0.3, -0.25) is 0 Å². The summed E-state index contributed by atoms with van der Waals surface area (Å²) in [6.45, 7) is 7.41. The van der Waals surface area contributed by atoms with Gasteiger partial charge < -0.3 is 10.6 Å². The normalized spacial score (nSPS) is 16.5. The maximum atomic E-state index is 5.75. The summed E-state index contributed by atoms with van der Waals surface area (Å²) in [5.74, 6) is 1.12. The van der Waals surface area contributed by atoms with E-state index in [2.05, 4.69) is 35.9 Å². The van der Waals surface area contributed by atoms with Crippen LogP contribution >= 0.6 is 0 Å². The number of hydrogen-bond donors (Lipinski definition) is 1. The molecule has 1 aliphatic heterocycles. The van der Waals surface area contributed by atoms with Crippen LogP contribution in [0.2, 0.25) is 0 Å². The summed E-state index contributed by atoms with van der Waals surface area (Å²) in [6.07, 6.45) is 5.59. The van der Waals surface area contributed by atoms with E-state index in [1.807, 2.05) is 6.20 Å².